The standard InChI is InChI=1S/C23H29BO4/c1-21(2,26)22(3,4)28-24-19-12-8-17(9-13-19)16-6-10-18(11-7-16)23(14-15-23)20(25)27-5/h6-13,24,26H,14-15H2,1-5H3. The lowest BCUT2D eigenvalue weighted by Gasteiger charge is -2.37. The molecule has 1 saturated carbocycles. The van der Waals surface area contributed by atoms with E-state index < -0.39 is 16.6 Å². The monoisotopic (exact) mass is 380 g/mol. The molecule has 0 radical (unpaired) electrons. The van der Waals surface area contributed by atoms with Crippen molar-refractivity contribution in [2.24, 2.45) is 0 Å². The molecule has 0 spiro atoms. The van der Waals surface area contributed by atoms with Crippen LogP contribution in [-0.4, -0.2) is 36.9 Å². The molecule has 0 saturated heterocycles. The van der Waals surface area contributed by atoms with E-state index in [2.05, 4.69) is 24.3 Å². The fourth-order valence-corrected chi connectivity index (χ4v) is 3.15. The van der Waals surface area contributed by atoms with E-state index >= 15 is 0 Å². The van der Waals surface area contributed by atoms with Crippen LogP contribution in [0.1, 0.15) is 46.1 Å². The lowest BCUT2D eigenvalue weighted by atomic mass is 9.82. The molecule has 1 aliphatic carbocycles. The molecule has 28 heavy (non-hydrogen) atoms. The number of hydrogen-bond acceptors (Lipinski definition) is 4. The predicted molar refractivity (Wildman–Crippen MR) is 113 cm³/mol. The highest BCUT2D eigenvalue weighted by molar-refractivity contribution is 6.47. The van der Waals surface area contributed by atoms with Gasteiger partial charge in [-0.15, -0.1) is 0 Å². The highest BCUT2D eigenvalue weighted by Crippen LogP contribution is 2.49. The van der Waals surface area contributed by atoms with Gasteiger partial charge in [0.05, 0.1) is 23.7 Å². The third-order valence-electron chi connectivity index (χ3n) is 6.12. The second-order valence-electron chi connectivity index (χ2n) is 8.71. The van der Waals surface area contributed by atoms with Gasteiger partial charge in [0.25, 0.3) is 0 Å². The first kappa shape index (κ1) is 20.6. The van der Waals surface area contributed by atoms with Crippen LogP contribution in [0.2, 0.25) is 0 Å². The summed E-state index contributed by atoms with van der Waals surface area (Å²) in [7, 11) is 1.89. The Morgan fingerprint density at radius 1 is 0.964 bits per heavy atom. The average molecular weight is 380 g/mol. The van der Waals surface area contributed by atoms with Crippen LogP contribution < -0.4 is 5.46 Å². The Morgan fingerprint density at radius 3 is 1.89 bits per heavy atom. The van der Waals surface area contributed by atoms with Crippen molar-refractivity contribution >= 4 is 18.9 Å². The number of hydrogen-bond donors (Lipinski definition) is 1. The molecular formula is C23H29BO4. The first-order valence-electron chi connectivity index (χ1n) is 9.74. The van der Waals surface area contributed by atoms with Crippen LogP contribution in [0.25, 0.3) is 11.1 Å². The highest BCUT2D eigenvalue weighted by atomic mass is 16.5. The van der Waals surface area contributed by atoms with E-state index in [9.17, 15) is 9.90 Å². The Kier molecular flexibility index (Phi) is 5.43. The molecule has 2 aromatic rings. The van der Waals surface area contributed by atoms with E-state index in [-0.39, 0.29) is 5.97 Å². The van der Waals surface area contributed by atoms with Gasteiger partial charge in [-0.05, 0) is 57.2 Å². The molecule has 2 aromatic carbocycles. The third-order valence-corrected chi connectivity index (χ3v) is 6.12. The van der Waals surface area contributed by atoms with Crippen molar-refractivity contribution in [3.05, 3.63) is 54.1 Å². The fraction of sp³-hybridized carbons (Fsp3) is 0.435. The smallest absolute Gasteiger partial charge is 0.316 e. The van der Waals surface area contributed by atoms with Gasteiger partial charge in [-0.1, -0.05) is 54.0 Å². The molecule has 0 aromatic heterocycles. The van der Waals surface area contributed by atoms with Gasteiger partial charge in [-0.2, -0.15) is 0 Å². The summed E-state index contributed by atoms with van der Waals surface area (Å²) in [5, 5.41) is 10.2. The van der Waals surface area contributed by atoms with Gasteiger partial charge in [-0.25, -0.2) is 0 Å². The van der Waals surface area contributed by atoms with E-state index in [4.69, 9.17) is 9.39 Å². The van der Waals surface area contributed by atoms with Crippen molar-refractivity contribution in [1.82, 2.24) is 0 Å². The fourth-order valence-electron chi connectivity index (χ4n) is 3.15. The molecule has 0 aliphatic heterocycles. The van der Waals surface area contributed by atoms with E-state index in [0.29, 0.717) is 7.48 Å². The first-order valence-corrected chi connectivity index (χ1v) is 9.74. The molecule has 0 unspecified atom stereocenters. The van der Waals surface area contributed by atoms with Crippen LogP contribution in [0.15, 0.2) is 48.5 Å². The topological polar surface area (TPSA) is 55.8 Å². The van der Waals surface area contributed by atoms with E-state index in [1.54, 1.807) is 13.8 Å². The van der Waals surface area contributed by atoms with Crippen LogP contribution in [0.4, 0.5) is 0 Å². The van der Waals surface area contributed by atoms with Crippen LogP contribution in [0, 0.1) is 0 Å². The second kappa shape index (κ2) is 7.38. The zero-order valence-electron chi connectivity index (χ0n) is 17.4. The van der Waals surface area contributed by atoms with Gasteiger partial charge >= 0.3 is 13.5 Å². The number of carbonyl (C=O) groups is 1. The number of benzene rings is 2. The first-order chi connectivity index (χ1) is 13.1. The van der Waals surface area contributed by atoms with E-state index in [0.717, 1.165) is 35.0 Å². The molecule has 0 atom stereocenters. The summed E-state index contributed by atoms with van der Waals surface area (Å²) in [6.45, 7) is 7.30. The minimum Gasteiger partial charge on any atom is -0.468 e. The number of esters is 1. The number of methoxy groups -OCH3 is 1. The van der Waals surface area contributed by atoms with Crippen molar-refractivity contribution in [1.29, 1.82) is 0 Å². The number of ether oxygens (including phenoxy) is 1. The maximum atomic E-state index is 12.0. The normalized spacial score (nSPS) is 15.8. The molecule has 4 nitrogen and oxygen atoms in total. The summed E-state index contributed by atoms with van der Waals surface area (Å²) in [4.78, 5) is 12.0. The third kappa shape index (κ3) is 4.01. The maximum Gasteiger partial charge on any atom is 0.316 e. The van der Waals surface area contributed by atoms with E-state index in [1.165, 1.54) is 7.11 Å². The molecule has 3 rings (SSSR count). The molecule has 0 heterocycles. The molecule has 1 fully saturated rings. The Bertz CT molecular complexity index is 828. The summed E-state index contributed by atoms with van der Waals surface area (Å²) in [6.07, 6.45) is 1.71. The molecule has 0 amide bonds. The van der Waals surface area contributed by atoms with Crippen molar-refractivity contribution in [3.63, 3.8) is 0 Å². The maximum absolute atomic E-state index is 12.0. The Morgan fingerprint density at radius 2 is 1.46 bits per heavy atom. The predicted octanol–water partition coefficient (Wildman–Crippen LogP) is 3.10. The molecule has 148 valence electrons. The van der Waals surface area contributed by atoms with Crippen LogP contribution >= 0.6 is 0 Å². The largest absolute Gasteiger partial charge is 0.468 e. The zero-order chi connectivity index (χ0) is 20.6. The summed E-state index contributed by atoms with van der Waals surface area (Å²) in [5.41, 5.74) is 2.32. The van der Waals surface area contributed by atoms with Gasteiger partial charge in [0.15, 0.2) is 0 Å². The summed E-state index contributed by atoms with van der Waals surface area (Å²) >= 11 is 0. The summed E-state index contributed by atoms with van der Waals surface area (Å²) in [6, 6.07) is 16.4. The molecular weight excluding hydrogens is 351 g/mol. The lowest BCUT2D eigenvalue weighted by molar-refractivity contribution is -0.143. The van der Waals surface area contributed by atoms with Crippen molar-refractivity contribution < 1.29 is 19.3 Å². The van der Waals surface area contributed by atoms with Gasteiger partial charge in [-0.3, -0.25) is 4.79 Å². The molecule has 1 N–H and O–H groups in total. The van der Waals surface area contributed by atoms with E-state index in [1.807, 2.05) is 38.1 Å². The van der Waals surface area contributed by atoms with Gasteiger partial charge < -0.3 is 14.5 Å². The average Bonchev–Trinajstić information content (AvgIpc) is 3.47. The highest BCUT2D eigenvalue weighted by Gasteiger charge is 2.52. The van der Waals surface area contributed by atoms with Gasteiger partial charge in [0, 0.05) is 0 Å². The zero-order valence-corrected chi connectivity index (χ0v) is 17.4. The second-order valence-corrected chi connectivity index (χ2v) is 8.71. The van der Waals surface area contributed by atoms with Crippen molar-refractivity contribution in [2.75, 3.05) is 7.11 Å². The molecule has 1 aliphatic rings. The number of aliphatic hydroxyl groups is 1. The summed E-state index contributed by atoms with van der Waals surface area (Å²) < 4.78 is 10.9. The van der Waals surface area contributed by atoms with Gasteiger partial charge in [0.1, 0.15) is 0 Å². The number of carbonyl (C=O) groups excluding carboxylic acids is 1. The SMILES string of the molecule is COC(=O)C1(c2ccc(-c3ccc(BOC(C)(C)C(C)(C)O)cc3)cc2)CC1. The van der Waals surface area contributed by atoms with Crippen LogP contribution in [-0.2, 0) is 19.6 Å². The minimum atomic E-state index is -0.919. The Labute approximate surface area is 168 Å². The number of rotatable bonds is 7. The van der Waals surface area contributed by atoms with Crippen molar-refractivity contribution in [3.8, 4) is 11.1 Å². The van der Waals surface area contributed by atoms with Crippen molar-refractivity contribution in [2.45, 2.75) is 57.2 Å². The van der Waals surface area contributed by atoms with Crippen LogP contribution in [0.5, 0.6) is 0 Å². The van der Waals surface area contributed by atoms with Gasteiger partial charge in [0.2, 0.25) is 0 Å². The van der Waals surface area contributed by atoms with Crippen LogP contribution in [0.3, 0.4) is 0 Å². The lowest BCUT2D eigenvalue weighted by Crippen LogP contribution is -2.49. The molecule has 5 heteroatoms. The Balaban J connectivity index is 1.68. The Hall–Kier alpha value is -2.11. The summed E-state index contributed by atoms with van der Waals surface area (Å²) in [5.74, 6) is -0.140. The minimum absolute atomic E-state index is 0.140. The quantitative estimate of drug-likeness (QED) is 0.593. The molecule has 0 bridgehead atoms.